The molecule has 0 aliphatic rings. The van der Waals surface area contributed by atoms with Crippen LogP contribution in [0.3, 0.4) is 0 Å². The number of carbonyl (C=O) groups is 1. The van der Waals surface area contributed by atoms with E-state index < -0.39 is 5.97 Å². The predicted molar refractivity (Wildman–Crippen MR) is 60.5 cm³/mol. The Kier molecular flexibility index (Phi) is 7.54. The SMILES string of the molecule is C[NH+](C)CCO.O=C([O-])c1ccc(Cl)cc1. The molecule has 90 valence electrons. The number of rotatable bonds is 3. The Balaban J connectivity index is 0.000000325. The first-order valence-electron chi connectivity index (χ1n) is 4.84. The highest BCUT2D eigenvalue weighted by molar-refractivity contribution is 6.30. The quantitative estimate of drug-likeness (QED) is 0.705. The van der Waals surface area contributed by atoms with E-state index in [-0.39, 0.29) is 5.56 Å². The minimum Gasteiger partial charge on any atom is -0.545 e. The number of quaternary nitrogens is 1. The molecule has 4 nitrogen and oxygen atoms in total. The summed E-state index contributed by atoms with van der Waals surface area (Å²) in [5, 5.41) is 18.9. The minimum atomic E-state index is -1.18. The number of likely N-dealkylation sites (N-methyl/N-ethyl adjacent to an activating group) is 1. The van der Waals surface area contributed by atoms with E-state index in [0.717, 1.165) is 6.54 Å². The molecule has 1 aromatic rings. The Morgan fingerprint density at radius 2 is 1.88 bits per heavy atom. The minimum absolute atomic E-state index is 0.143. The molecule has 0 atom stereocenters. The molecule has 0 spiro atoms. The topological polar surface area (TPSA) is 64.8 Å². The van der Waals surface area contributed by atoms with Crippen LogP contribution in [0.15, 0.2) is 24.3 Å². The number of halogens is 1. The molecule has 1 rings (SSSR count). The molecular weight excluding hydrogens is 230 g/mol. The van der Waals surface area contributed by atoms with E-state index in [1.54, 1.807) is 0 Å². The lowest BCUT2D eigenvalue weighted by atomic mass is 10.2. The van der Waals surface area contributed by atoms with Crippen LogP contribution in [0.2, 0.25) is 5.02 Å². The molecule has 5 heteroatoms. The van der Waals surface area contributed by atoms with Gasteiger partial charge in [0.05, 0.1) is 26.7 Å². The van der Waals surface area contributed by atoms with Crippen LogP contribution in [0, 0.1) is 0 Å². The molecule has 0 radical (unpaired) electrons. The van der Waals surface area contributed by atoms with Gasteiger partial charge >= 0.3 is 0 Å². The standard InChI is InChI=1S/C7H5ClO2.C4H11NO/c8-6-3-1-5(2-4-6)7(9)10;1-5(2)3-4-6/h1-4H,(H,9,10);6H,3-4H2,1-2H3. The molecule has 0 bridgehead atoms. The fraction of sp³-hybridized carbons (Fsp3) is 0.364. The summed E-state index contributed by atoms with van der Waals surface area (Å²) in [5.74, 6) is -1.18. The number of hydrogen-bond acceptors (Lipinski definition) is 3. The molecule has 0 amide bonds. The van der Waals surface area contributed by atoms with Gasteiger partial charge in [-0.3, -0.25) is 0 Å². The average Bonchev–Trinajstić information content (AvgIpc) is 2.19. The van der Waals surface area contributed by atoms with E-state index in [2.05, 4.69) is 0 Å². The summed E-state index contributed by atoms with van der Waals surface area (Å²) in [6.45, 7) is 1.14. The van der Waals surface area contributed by atoms with Crippen molar-refractivity contribution in [1.29, 1.82) is 0 Å². The van der Waals surface area contributed by atoms with E-state index in [1.165, 1.54) is 29.2 Å². The Hall–Kier alpha value is -1.10. The van der Waals surface area contributed by atoms with Gasteiger partial charge in [-0.2, -0.15) is 0 Å². The van der Waals surface area contributed by atoms with Crippen LogP contribution in [0.1, 0.15) is 10.4 Å². The van der Waals surface area contributed by atoms with Crippen molar-refractivity contribution in [3.63, 3.8) is 0 Å². The highest BCUT2D eigenvalue weighted by atomic mass is 35.5. The number of aliphatic hydroxyl groups is 1. The summed E-state index contributed by atoms with van der Waals surface area (Å²) < 4.78 is 0. The van der Waals surface area contributed by atoms with Gasteiger partial charge in [-0.05, 0) is 17.7 Å². The number of carbonyl (C=O) groups excluding carboxylic acids is 1. The Bertz CT molecular complexity index is 312. The first kappa shape index (κ1) is 14.9. The van der Waals surface area contributed by atoms with Crippen molar-refractivity contribution < 1.29 is 19.9 Å². The third-order valence-corrected chi connectivity index (χ3v) is 1.94. The number of carboxylic acid groups (broad SMARTS) is 1. The van der Waals surface area contributed by atoms with Gasteiger partial charge in [-0.25, -0.2) is 0 Å². The average molecular weight is 246 g/mol. The zero-order chi connectivity index (χ0) is 12.6. The third kappa shape index (κ3) is 7.23. The molecule has 0 aliphatic carbocycles. The van der Waals surface area contributed by atoms with Gasteiger partial charge in [0.25, 0.3) is 0 Å². The number of nitrogens with one attached hydrogen (secondary N) is 1. The normalized spacial score (nSPS) is 9.56. The highest BCUT2D eigenvalue weighted by Gasteiger charge is 1.90. The van der Waals surface area contributed by atoms with Crippen molar-refractivity contribution in [2.45, 2.75) is 0 Å². The van der Waals surface area contributed by atoms with E-state index in [1.807, 2.05) is 14.1 Å². The zero-order valence-electron chi connectivity index (χ0n) is 9.37. The van der Waals surface area contributed by atoms with Crippen LogP contribution in [0.25, 0.3) is 0 Å². The number of benzene rings is 1. The van der Waals surface area contributed by atoms with Crippen molar-refractivity contribution in [1.82, 2.24) is 0 Å². The summed E-state index contributed by atoms with van der Waals surface area (Å²) in [6, 6.07) is 5.81. The van der Waals surface area contributed by atoms with E-state index in [4.69, 9.17) is 16.7 Å². The van der Waals surface area contributed by atoms with Gasteiger partial charge in [0, 0.05) is 5.02 Å². The first-order valence-corrected chi connectivity index (χ1v) is 5.22. The maximum Gasteiger partial charge on any atom is 0.100 e. The van der Waals surface area contributed by atoms with E-state index in [9.17, 15) is 9.90 Å². The monoisotopic (exact) mass is 245 g/mol. The molecule has 0 aromatic heterocycles. The van der Waals surface area contributed by atoms with Crippen LogP contribution in [-0.2, 0) is 0 Å². The smallest absolute Gasteiger partial charge is 0.100 e. The van der Waals surface area contributed by atoms with Gasteiger partial charge in [-0.15, -0.1) is 0 Å². The molecule has 0 unspecified atom stereocenters. The Labute approximate surface area is 100 Å². The fourth-order valence-electron chi connectivity index (χ4n) is 0.810. The van der Waals surface area contributed by atoms with Gasteiger partial charge in [-0.1, -0.05) is 23.7 Å². The maximum absolute atomic E-state index is 10.2. The molecule has 2 N–H and O–H groups in total. The molecule has 0 aliphatic heterocycles. The van der Waals surface area contributed by atoms with Gasteiger partial charge in [0.2, 0.25) is 0 Å². The van der Waals surface area contributed by atoms with Crippen molar-refractivity contribution >= 4 is 17.6 Å². The number of aromatic carboxylic acids is 1. The highest BCUT2D eigenvalue weighted by Crippen LogP contribution is 2.08. The lowest BCUT2D eigenvalue weighted by Crippen LogP contribution is -3.06. The van der Waals surface area contributed by atoms with Crippen molar-refractivity contribution in [2.24, 2.45) is 0 Å². The largest absolute Gasteiger partial charge is 0.545 e. The van der Waals surface area contributed by atoms with Crippen LogP contribution in [0.4, 0.5) is 0 Å². The molecule has 0 fully saturated rings. The van der Waals surface area contributed by atoms with Crippen molar-refractivity contribution in [3.8, 4) is 0 Å². The second kappa shape index (κ2) is 8.10. The van der Waals surface area contributed by atoms with E-state index >= 15 is 0 Å². The molecular formula is C11H16ClNO3. The lowest BCUT2D eigenvalue weighted by molar-refractivity contribution is -0.858. The second-order valence-corrected chi connectivity index (χ2v) is 3.91. The number of aliphatic hydroxyl groups excluding tert-OH is 1. The molecule has 0 heterocycles. The lowest BCUT2D eigenvalue weighted by Gasteiger charge is -2.00. The third-order valence-electron chi connectivity index (χ3n) is 1.69. The summed E-state index contributed by atoms with van der Waals surface area (Å²) >= 11 is 5.50. The van der Waals surface area contributed by atoms with Gasteiger partial charge in [0.1, 0.15) is 6.54 Å². The van der Waals surface area contributed by atoms with Crippen LogP contribution in [-0.4, -0.2) is 38.3 Å². The van der Waals surface area contributed by atoms with Crippen LogP contribution < -0.4 is 10.0 Å². The van der Waals surface area contributed by atoms with Crippen molar-refractivity contribution in [2.75, 3.05) is 27.2 Å². The Morgan fingerprint density at radius 1 is 1.38 bits per heavy atom. The molecule has 16 heavy (non-hydrogen) atoms. The number of hydrogen-bond donors (Lipinski definition) is 2. The van der Waals surface area contributed by atoms with E-state index in [0.29, 0.717) is 11.6 Å². The second-order valence-electron chi connectivity index (χ2n) is 3.48. The van der Waals surface area contributed by atoms with Gasteiger partial charge < -0.3 is 19.9 Å². The zero-order valence-corrected chi connectivity index (χ0v) is 10.1. The van der Waals surface area contributed by atoms with Crippen molar-refractivity contribution in [3.05, 3.63) is 34.9 Å². The first-order chi connectivity index (χ1) is 7.47. The molecule has 0 saturated heterocycles. The summed E-state index contributed by atoms with van der Waals surface area (Å²) in [4.78, 5) is 11.4. The van der Waals surface area contributed by atoms with Crippen LogP contribution >= 0.6 is 11.6 Å². The van der Waals surface area contributed by atoms with Gasteiger partial charge in [0.15, 0.2) is 0 Å². The number of carboxylic acids is 1. The summed E-state index contributed by atoms with van der Waals surface area (Å²) in [6.07, 6.45) is 0. The Morgan fingerprint density at radius 3 is 2.12 bits per heavy atom. The predicted octanol–water partition coefficient (Wildman–Crippen LogP) is -1.17. The van der Waals surface area contributed by atoms with Crippen LogP contribution in [0.5, 0.6) is 0 Å². The maximum atomic E-state index is 10.2. The summed E-state index contributed by atoms with van der Waals surface area (Å²) in [7, 11) is 4.02. The molecule has 1 aromatic carbocycles. The summed E-state index contributed by atoms with van der Waals surface area (Å²) in [5.41, 5.74) is 0.143. The molecule has 0 saturated carbocycles. The fourth-order valence-corrected chi connectivity index (χ4v) is 0.936.